The molecule has 0 heterocycles. The van der Waals surface area contributed by atoms with Crippen molar-refractivity contribution < 1.29 is 35.8 Å². The van der Waals surface area contributed by atoms with Gasteiger partial charge in [-0.15, -0.1) is 0 Å². The first-order valence-corrected chi connectivity index (χ1v) is 10.4. The highest BCUT2D eigenvalue weighted by atomic mass is 19.4. The Morgan fingerprint density at radius 1 is 0.607 bits per heavy atom. The predicted octanol–water partition coefficient (Wildman–Crippen LogP) is 7.81. The van der Waals surface area contributed by atoms with Crippen LogP contribution in [0, 0.1) is 5.92 Å². The molecule has 0 spiro atoms. The molecule has 0 aromatic rings. The fraction of sp³-hybridized carbons (Fsp3) is 1.00. The van der Waals surface area contributed by atoms with Crippen LogP contribution >= 0.6 is 0 Å². The summed E-state index contributed by atoms with van der Waals surface area (Å²) < 4.78 is 88.2. The second kappa shape index (κ2) is 13.7. The average molecular weight is 422 g/mol. The number of halogens is 6. The van der Waals surface area contributed by atoms with E-state index in [1.165, 1.54) is 0 Å². The quantitative estimate of drug-likeness (QED) is 0.143. The fourth-order valence-electron chi connectivity index (χ4n) is 3.52. The Morgan fingerprint density at radius 3 is 1.57 bits per heavy atom. The minimum absolute atomic E-state index is 0.0802. The molecule has 0 aromatic carbocycles. The maximum Gasteiger partial charge on any atom is 0.389 e. The first-order valence-electron chi connectivity index (χ1n) is 10.4. The van der Waals surface area contributed by atoms with E-state index in [1.54, 1.807) is 13.8 Å². The molecule has 0 fully saturated rings. The van der Waals surface area contributed by atoms with Gasteiger partial charge in [0.25, 0.3) is 0 Å². The van der Waals surface area contributed by atoms with Crippen molar-refractivity contribution in [1.82, 2.24) is 0 Å². The maximum absolute atomic E-state index is 12.8. The molecule has 0 saturated carbocycles. The van der Waals surface area contributed by atoms with Gasteiger partial charge in [-0.3, -0.25) is 0 Å². The molecule has 8 heteroatoms. The Bertz CT molecular complexity index is 376. The third-order valence-electron chi connectivity index (χ3n) is 4.84. The van der Waals surface area contributed by atoms with Crippen LogP contribution < -0.4 is 0 Å². The summed E-state index contributed by atoms with van der Waals surface area (Å²) >= 11 is 0. The fourth-order valence-corrected chi connectivity index (χ4v) is 3.52. The lowest BCUT2D eigenvalue weighted by atomic mass is 9.84. The van der Waals surface area contributed by atoms with Crippen LogP contribution in [0.1, 0.15) is 91.4 Å². The van der Waals surface area contributed by atoms with Gasteiger partial charge in [-0.25, -0.2) is 0 Å². The van der Waals surface area contributed by atoms with E-state index in [0.29, 0.717) is 12.8 Å². The number of unbranched alkanes of at least 4 members (excludes halogenated alkanes) is 5. The van der Waals surface area contributed by atoms with Gasteiger partial charge < -0.3 is 9.47 Å². The van der Waals surface area contributed by atoms with Gasteiger partial charge in [-0.05, 0) is 26.7 Å². The summed E-state index contributed by atoms with van der Waals surface area (Å²) in [7, 11) is 0. The minimum atomic E-state index is -4.42. The van der Waals surface area contributed by atoms with Crippen LogP contribution in [0.15, 0.2) is 0 Å². The standard InChI is InChI=1S/C20H36F6O2/c1-4-7-8-9-10-11-12-17(13-14-19(21,22)23)18(27-5-2,28-6-3)15-16-20(24,25)26/h17H,4-16H2,1-3H3. The summed E-state index contributed by atoms with van der Waals surface area (Å²) in [5.41, 5.74) is 0. The van der Waals surface area contributed by atoms with Crippen molar-refractivity contribution in [3.05, 3.63) is 0 Å². The van der Waals surface area contributed by atoms with Crippen molar-refractivity contribution in [2.24, 2.45) is 5.92 Å². The van der Waals surface area contributed by atoms with Gasteiger partial charge in [-0.1, -0.05) is 45.4 Å². The lowest BCUT2D eigenvalue weighted by Gasteiger charge is -2.41. The van der Waals surface area contributed by atoms with Crippen molar-refractivity contribution >= 4 is 0 Å². The molecule has 0 aliphatic rings. The van der Waals surface area contributed by atoms with E-state index < -0.39 is 43.3 Å². The zero-order valence-electron chi connectivity index (χ0n) is 17.4. The molecule has 1 unspecified atom stereocenters. The highest BCUT2D eigenvalue weighted by Crippen LogP contribution is 2.40. The van der Waals surface area contributed by atoms with Crippen LogP contribution in [0.25, 0.3) is 0 Å². The molecule has 0 N–H and O–H groups in total. The van der Waals surface area contributed by atoms with Gasteiger partial charge >= 0.3 is 12.4 Å². The number of alkyl halides is 6. The molecular formula is C20H36F6O2. The normalized spacial score (nSPS) is 14.5. The summed E-state index contributed by atoms with van der Waals surface area (Å²) in [6, 6.07) is 0. The third kappa shape index (κ3) is 12.9. The molecule has 28 heavy (non-hydrogen) atoms. The summed E-state index contributed by atoms with van der Waals surface area (Å²) in [4.78, 5) is 0. The van der Waals surface area contributed by atoms with Crippen LogP contribution in [0.5, 0.6) is 0 Å². The van der Waals surface area contributed by atoms with Gasteiger partial charge in [0.2, 0.25) is 0 Å². The zero-order valence-corrected chi connectivity index (χ0v) is 17.4. The summed E-state index contributed by atoms with van der Waals surface area (Å²) in [5, 5.41) is 0. The lowest BCUT2D eigenvalue weighted by molar-refractivity contribution is -0.283. The topological polar surface area (TPSA) is 18.5 Å². The van der Waals surface area contributed by atoms with Gasteiger partial charge in [0.05, 0.1) is 0 Å². The van der Waals surface area contributed by atoms with E-state index in [2.05, 4.69) is 6.92 Å². The number of ether oxygens (including phenoxy) is 2. The smallest absolute Gasteiger partial charge is 0.350 e. The van der Waals surface area contributed by atoms with Crippen molar-refractivity contribution in [1.29, 1.82) is 0 Å². The minimum Gasteiger partial charge on any atom is -0.350 e. The molecular weight excluding hydrogens is 386 g/mol. The summed E-state index contributed by atoms with van der Waals surface area (Å²) in [5.74, 6) is -2.37. The average Bonchev–Trinajstić information content (AvgIpc) is 2.57. The van der Waals surface area contributed by atoms with Gasteiger partial charge in [-0.2, -0.15) is 26.3 Å². The van der Waals surface area contributed by atoms with E-state index in [1.807, 2.05) is 0 Å². The molecule has 0 saturated heterocycles. The summed E-state index contributed by atoms with van der Waals surface area (Å²) in [6.45, 7) is 5.49. The molecule has 2 nitrogen and oxygen atoms in total. The Labute approximate surface area is 165 Å². The Balaban J connectivity index is 5.27. The van der Waals surface area contributed by atoms with E-state index in [0.717, 1.165) is 32.1 Å². The van der Waals surface area contributed by atoms with Gasteiger partial charge in [0.1, 0.15) is 0 Å². The molecule has 0 radical (unpaired) electrons. The van der Waals surface area contributed by atoms with Crippen molar-refractivity contribution in [3.8, 4) is 0 Å². The van der Waals surface area contributed by atoms with E-state index in [9.17, 15) is 26.3 Å². The van der Waals surface area contributed by atoms with Crippen LogP contribution in [0.3, 0.4) is 0 Å². The SMILES string of the molecule is CCCCCCCCC(CCC(F)(F)F)C(CCC(F)(F)F)(OCC)OCC. The van der Waals surface area contributed by atoms with Crippen LogP contribution in [-0.4, -0.2) is 31.4 Å². The first-order chi connectivity index (χ1) is 13.0. The lowest BCUT2D eigenvalue weighted by Crippen LogP contribution is -2.45. The second-order valence-corrected chi connectivity index (χ2v) is 7.20. The van der Waals surface area contributed by atoms with Crippen molar-refractivity contribution in [2.45, 2.75) is 110 Å². The molecule has 0 rings (SSSR count). The Kier molecular flexibility index (Phi) is 13.4. The molecule has 0 aliphatic heterocycles. The highest BCUT2D eigenvalue weighted by molar-refractivity contribution is 4.82. The van der Waals surface area contributed by atoms with E-state index in [4.69, 9.17) is 9.47 Å². The third-order valence-corrected chi connectivity index (χ3v) is 4.84. The number of hydrogen-bond donors (Lipinski definition) is 0. The Hall–Kier alpha value is -0.500. The van der Waals surface area contributed by atoms with Crippen LogP contribution in [-0.2, 0) is 9.47 Å². The largest absolute Gasteiger partial charge is 0.389 e. The second-order valence-electron chi connectivity index (χ2n) is 7.20. The maximum atomic E-state index is 12.8. The summed E-state index contributed by atoms with van der Waals surface area (Å²) in [6.07, 6.45) is -5.70. The van der Waals surface area contributed by atoms with Crippen molar-refractivity contribution in [2.75, 3.05) is 13.2 Å². The van der Waals surface area contributed by atoms with E-state index >= 15 is 0 Å². The van der Waals surface area contributed by atoms with Gasteiger partial charge in [0.15, 0.2) is 5.79 Å². The highest BCUT2D eigenvalue weighted by Gasteiger charge is 2.44. The van der Waals surface area contributed by atoms with Crippen LogP contribution in [0.4, 0.5) is 26.3 Å². The van der Waals surface area contributed by atoms with Crippen molar-refractivity contribution in [3.63, 3.8) is 0 Å². The predicted molar refractivity (Wildman–Crippen MR) is 98.0 cm³/mol. The molecule has 0 aromatic heterocycles. The molecule has 170 valence electrons. The van der Waals surface area contributed by atoms with E-state index in [-0.39, 0.29) is 19.6 Å². The Morgan fingerprint density at radius 2 is 1.11 bits per heavy atom. The molecule has 0 amide bonds. The molecule has 0 bridgehead atoms. The molecule has 1 atom stereocenters. The monoisotopic (exact) mass is 422 g/mol. The number of rotatable bonds is 16. The first kappa shape index (κ1) is 27.5. The van der Waals surface area contributed by atoms with Crippen LogP contribution in [0.2, 0.25) is 0 Å². The number of hydrogen-bond acceptors (Lipinski definition) is 2. The zero-order chi connectivity index (χ0) is 21.7. The van der Waals surface area contributed by atoms with Gasteiger partial charge in [0, 0.05) is 38.4 Å². The molecule has 0 aliphatic carbocycles.